The Morgan fingerprint density at radius 3 is 2.70 bits per heavy atom. The summed E-state index contributed by atoms with van der Waals surface area (Å²) in [6.45, 7) is 4.55. The molecule has 1 atom stereocenters. The normalized spacial score (nSPS) is 12.4. The molecule has 0 bridgehead atoms. The molecule has 0 saturated heterocycles. The lowest BCUT2D eigenvalue weighted by molar-refractivity contribution is 0.508. The molecule has 0 saturated carbocycles. The zero-order valence-electron chi connectivity index (χ0n) is 11.7. The van der Waals surface area contributed by atoms with Gasteiger partial charge in [0.2, 0.25) is 0 Å². The SMILES string of the molecule is CCCNC(c1cc(C)ccc1F)c1ncccc1F. The standard InChI is InChI=1S/C16H18F2N2/c1-3-8-19-15(16-14(18)5-4-9-20-16)12-10-11(2)6-7-13(12)17/h4-7,9-10,15,19H,3,8H2,1-2H3. The summed E-state index contributed by atoms with van der Waals surface area (Å²) in [6, 6.07) is 7.14. The third-order valence-electron chi connectivity index (χ3n) is 3.12. The lowest BCUT2D eigenvalue weighted by Crippen LogP contribution is -2.26. The van der Waals surface area contributed by atoms with E-state index in [0.717, 1.165) is 12.0 Å². The highest BCUT2D eigenvalue weighted by Gasteiger charge is 2.21. The predicted octanol–water partition coefficient (Wildman–Crippen LogP) is 3.76. The van der Waals surface area contributed by atoms with Crippen LogP contribution in [0.5, 0.6) is 0 Å². The summed E-state index contributed by atoms with van der Waals surface area (Å²) < 4.78 is 28.0. The van der Waals surface area contributed by atoms with Gasteiger partial charge in [0, 0.05) is 11.8 Å². The minimum Gasteiger partial charge on any atom is -0.305 e. The molecule has 4 heteroatoms. The number of halogens is 2. The molecule has 106 valence electrons. The van der Waals surface area contributed by atoms with Gasteiger partial charge in [-0.3, -0.25) is 4.98 Å². The summed E-state index contributed by atoms with van der Waals surface area (Å²) in [4.78, 5) is 4.07. The average molecular weight is 276 g/mol. The van der Waals surface area contributed by atoms with E-state index in [4.69, 9.17) is 0 Å². The predicted molar refractivity (Wildman–Crippen MR) is 75.5 cm³/mol. The smallest absolute Gasteiger partial charge is 0.146 e. The molecule has 2 nitrogen and oxygen atoms in total. The summed E-state index contributed by atoms with van der Waals surface area (Å²) in [6.07, 6.45) is 2.39. The summed E-state index contributed by atoms with van der Waals surface area (Å²) in [5.41, 5.74) is 1.59. The van der Waals surface area contributed by atoms with Crippen molar-refractivity contribution in [2.24, 2.45) is 0 Å². The lowest BCUT2D eigenvalue weighted by atomic mass is 10.00. The monoisotopic (exact) mass is 276 g/mol. The first kappa shape index (κ1) is 14.6. The first-order valence-corrected chi connectivity index (χ1v) is 6.73. The van der Waals surface area contributed by atoms with Crippen LogP contribution in [-0.2, 0) is 0 Å². The van der Waals surface area contributed by atoms with E-state index in [1.54, 1.807) is 12.1 Å². The number of rotatable bonds is 5. The Bertz CT molecular complexity index is 584. The van der Waals surface area contributed by atoms with Crippen LogP contribution in [0.2, 0.25) is 0 Å². The van der Waals surface area contributed by atoms with Crippen LogP contribution >= 0.6 is 0 Å². The van der Waals surface area contributed by atoms with Gasteiger partial charge in [0.15, 0.2) is 0 Å². The fraction of sp³-hybridized carbons (Fsp3) is 0.312. The number of hydrogen-bond acceptors (Lipinski definition) is 2. The topological polar surface area (TPSA) is 24.9 Å². The van der Waals surface area contributed by atoms with Crippen molar-refractivity contribution in [2.75, 3.05) is 6.54 Å². The van der Waals surface area contributed by atoms with Gasteiger partial charge in [0.1, 0.15) is 11.6 Å². The molecule has 20 heavy (non-hydrogen) atoms. The molecule has 1 aromatic heterocycles. The van der Waals surface area contributed by atoms with Crippen LogP contribution in [0.1, 0.15) is 36.2 Å². The molecule has 1 aromatic carbocycles. The van der Waals surface area contributed by atoms with Crippen molar-refractivity contribution < 1.29 is 8.78 Å². The maximum atomic E-state index is 14.1. The molecule has 0 aliphatic heterocycles. The zero-order valence-corrected chi connectivity index (χ0v) is 11.7. The van der Waals surface area contributed by atoms with E-state index in [-0.39, 0.29) is 11.5 Å². The molecule has 0 radical (unpaired) electrons. The van der Waals surface area contributed by atoms with E-state index in [9.17, 15) is 8.78 Å². The first-order chi connectivity index (χ1) is 9.63. The van der Waals surface area contributed by atoms with Crippen molar-refractivity contribution in [2.45, 2.75) is 26.3 Å². The molecule has 2 rings (SSSR count). The van der Waals surface area contributed by atoms with Crippen molar-refractivity contribution in [3.8, 4) is 0 Å². The molecule has 1 unspecified atom stereocenters. The minimum absolute atomic E-state index is 0.227. The number of aryl methyl sites for hydroxylation is 1. The minimum atomic E-state index is -0.573. The summed E-state index contributed by atoms with van der Waals surface area (Å²) in [5.74, 6) is -0.781. The van der Waals surface area contributed by atoms with Crippen molar-refractivity contribution in [1.82, 2.24) is 10.3 Å². The van der Waals surface area contributed by atoms with Gasteiger partial charge in [-0.15, -0.1) is 0 Å². The van der Waals surface area contributed by atoms with E-state index in [2.05, 4.69) is 10.3 Å². The summed E-state index contributed by atoms with van der Waals surface area (Å²) in [7, 11) is 0. The lowest BCUT2D eigenvalue weighted by Gasteiger charge is -2.20. The third kappa shape index (κ3) is 3.20. The molecule has 0 aliphatic rings. The highest BCUT2D eigenvalue weighted by Crippen LogP contribution is 2.25. The second-order valence-corrected chi connectivity index (χ2v) is 4.78. The number of pyridine rings is 1. The fourth-order valence-corrected chi connectivity index (χ4v) is 2.14. The Morgan fingerprint density at radius 2 is 2.00 bits per heavy atom. The number of nitrogens with zero attached hydrogens (tertiary/aromatic N) is 1. The third-order valence-corrected chi connectivity index (χ3v) is 3.12. The number of benzene rings is 1. The van der Waals surface area contributed by atoms with Crippen LogP contribution in [0.4, 0.5) is 8.78 Å². The first-order valence-electron chi connectivity index (χ1n) is 6.73. The van der Waals surface area contributed by atoms with Gasteiger partial charge in [0.05, 0.1) is 11.7 Å². The quantitative estimate of drug-likeness (QED) is 0.899. The van der Waals surface area contributed by atoms with E-state index in [0.29, 0.717) is 12.1 Å². The largest absolute Gasteiger partial charge is 0.305 e. The highest BCUT2D eigenvalue weighted by molar-refractivity contribution is 5.32. The Labute approximate surface area is 117 Å². The van der Waals surface area contributed by atoms with E-state index in [1.807, 2.05) is 13.8 Å². The maximum absolute atomic E-state index is 14.1. The van der Waals surface area contributed by atoms with E-state index < -0.39 is 11.9 Å². The van der Waals surface area contributed by atoms with Crippen LogP contribution in [0.15, 0.2) is 36.5 Å². The molecular formula is C16H18F2N2. The van der Waals surface area contributed by atoms with Gasteiger partial charge in [0.25, 0.3) is 0 Å². The highest BCUT2D eigenvalue weighted by atomic mass is 19.1. The average Bonchev–Trinajstić information content (AvgIpc) is 2.44. The molecule has 0 amide bonds. The van der Waals surface area contributed by atoms with Gasteiger partial charge in [-0.25, -0.2) is 8.78 Å². The van der Waals surface area contributed by atoms with Crippen LogP contribution in [0.3, 0.4) is 0 Å². The van der Waals surface area contributed by atoms with Gasteiger partial charge < -0.3 is 5.32 Å². The Kier molecular flexibility index (Phi) is 4.79. The van der Waals surface area contributed by atoms with Gasteiger partial charge >= 0.3 is 0 Å². The van der Waals surface area contributed by atoms with Crippen molar-refractivity contribution >= 4 is 0 Å². The van der Waals surface area contributed by atoms with Gasteiger partial charge in [-0.05, 0) is 38.1 Å². The van der Waals surface area contributed by atoms with Crippen LogP contribution in [0.25, 0.3) is 0 Å². The van der Waals surface area contributed by atoms with Gasteiger partial charge in [-0.1, -0.05) is 24.6 Å². The van der Waals surface area contributed by atoms with Crippen molar-refractivity contribution in [3.63, 3.8) is 0 Å². The number of hydrogen-bond donors (Lipinski definition) is 1. The Morgan fingerprint density at radius 1 is 1.20 bits per heavy atom. The van der Waals surface area contributed by atoms with Crippen LogP contribution < -0.4 is 5.32 Å². The van der Waals surface area contributed by atoms with Crippen molar-refractivity contribution in [3.05, 3.63) is 65.0 Å². The zero-order chi connectivity index (χ0) is 14.5. The molecule has 1 heterocycles. The molecule has 2 aromatic rings. The van der Waals surface area contributed by atoms with Crippen LogP contribution in [0, 0.1) is 18.6 Å². The maximum Gasteiger partial charge on any atom is 0.146 e. The molecule has 0 aliphatic carbocycles. The second kappa shape index (κ2) is 6.57. The summed E-state index contributed by atoms with van der Waals surface area (Å²) >= 11 is 0. The van der Waals surface area contributed by atoms with E-state index >= 15 is 0 Å². The van der Waals surface area contributed by atoms with E-state index in [1.165, 1.54) is 24.4 Å². The number of nitrogens with one attached hydrogen (secondary N) is 1. The molecular weight excluding hydrogens is 258 g/mol. The second-order valence-electron chi connectivity index (χ2n) is 4.78. The van der Waals surface area contributed by atoms with Crippen molar-refractivity contribution in [1.29, 1.82) is 0 Å². The van der Waals surface area contributed by atoms with Crippen LogP contribution in [-0.4, -0.2) is 11.5 Å². The summed E-state index contributed by atoms with van der Waals surface area (Å²) in [5, 5.41) is 3.17. The number of aromatic nitrogens is 1. The molecule has 0 fully saturated rings. The Balaban J connectivity index is 2.47. The molecule has 1 N–H and O–H groups in total. The van der Waals surface area contributed by atoms with Gasteiger partial charge in [-0.2, -0.15) is 0 Å². The fourth-order valence-electron chi connectivity index (χ4n) is 2.14. The molecule has 0 spiro atoms. The Hall–Kier alpha value is -1.81.